The molecule has 0 unspecified atom stereocenters. The first-order valence-electron chi connectivity index (χ1n) is 4.96. The second-order valence-electron chi connectivity index (χ2n) is 3.59. The quantitative estimate of drug-likeness (QED) is 0.341. The number of carbonyl (C=O) groups excluding carboxylic acids is 1. The molecule has 1 rings (SSSR count). The smallest absolute Gasteiger partial charge is 0.143 e. The zero-order valence-electron chi connectivity index (χ0n) is 8.18. The third-order valence-corrected chi connectivity index (χ3v) is 2.40. The second-order valence-corrected chi connectivity index (χ2v) is 3.59. The highest BCUT2D eigenvalue weighted by Gasteiger charge is 2.09. The Balaban J connectivity index is 2.44. The molecule has 13 heavy (non-hydrogen) atoms. The van der Waals surface area contributed by atoms with Gasteiger partial charge in [-0.15, -0.1) is 0 Å². The van der Waals surface area contributed by atoms with Gasteiger partial charge in [0.15, 0.2) is 0 Å². The highest BCUT2D eigenvalue weighted by Crippen LogP contribution is 2.22. The van der Waals surface area contributed by atoms with E-state index < -0.39 is 0 Å². The molecule has 0 aromatic heterocycles. The summed E-state index contributed by atoms with van der Waals surface area (Å²) in [7, 11) is 0. The van der Waals surface area contributed by atoms with E-state index in [0.717, 1.165) is 11.9 Å². The molecule has 0 aliphatic heterocycles. The summed E-state index contributed by atoms with van der Waals surface area (Å²) >= 11 is 0. The number of allylic oxidation sites excluding steroid dienone is 2. The predicted octanol–water partition coefficient (Wildman–Crippen LogP) is 2.72. The zero-order chi connectivity index (χ0) is 9.52. The maximum atomic E-state index is 10.1. The lowest BCUT2D eigenvalue weighted by molar-refractivity contribution is -0.104. The van der Waals surface area contributed by atoms with E-state index in [4.69, 9.17) is 0 Å². The highest BCUT2D eigenvalue weighted by molar-refractivity contribution is 5.67. The van der Waals surface area contributed by atoms with Gasteiger partial charge in [-0.25, -0.2) is 0 Å². The van der Waals surface area contributed by atoms with Crippen LogP contribution in [0.4, 0.5) is 0 Å². The van der Waals surface area contributed by atoms with Crippen LogP contribution in [-0.2, 0) is 4.79 Å². The minimum absolute atomic E-state index is 0.573. The van der Waals surface area contributed by atoms with Gasteiger partial charge in [-0.3, -0.25) is 4.79 Å². The van der Waals surface area contributed by atoms with E-state index in [2.05, 4.69) is 11.8 Å². The molecule has 1 aliphatic rings. The van der Waals surface area contributed by atoms with Gasteiger partial charge in [0.05, 0.1) is 0 Å². The first-order valence-corrected chi connectivity index (χ1v) is 4.96. The Morgan fingerprint density at radius 3 is 2.62 bits per heavy atom. The van der Waals surface area contributed by atoms with Crippen molar-refractivity contribution in [2.75, 3.05) is 0 Å². The van der Waals surface area contributed by atoms with Gasteiger partial charge in [-0.2, -0.15) is 0 Å². The van der Waals surface area contributed by atoms with Gasteiger partial charge >= 0.3 is 0 Å². The van der Waals surface area contributed by atoms with E-state index in [0.29, 0.717) is 5.92 Å². The number of rotatable bonds is 1. The molecule has 0 heterocycles. The van der Waals surface area contributed by atoms with Crippen LogP contribution >= 0.6 is 0 Å². The number of carbonyl (C=O) groups is 1. The Morgan fingerprint density at radius 2 is 2.00 bits per heavy atom. The van der Waals surface area contributed by atoms with Crippen LogP contribution < -0.4 is 0 Å². The SMILES string of the molecule is C/C(C#CC1CCCCC1)=C\C=O. The molecule has 1 heteroatoms. The molecule has 1 saturated carbocycles. The normalized spacial score (nSPS) is 19.0. The minimum Gasteiger partial charge on any atom is -0.299 e. The molecule has 0 bridgehead atoms. The Labute approximate surface area is 80.2 Å². The van der Waals surface area contributed by atoms with Gasteiger partial charge in [0.2, 0.25) is 0 Å². The zero-order valence-corrected chi connectivity index (χ0v) is 8.18. The van der Waals surface area contributed by atoms with E-state index in [1.165, 1.54) is 38.2 Å². The molecule has 0 spiro atoms. The lowest BCUT2D eigenvalue weighted by Crippen LogP contribution is -2.02. The van der Waals surface area contributed by atoms with Crippen molar-refractivity contribution in [2.45, 2.75) is 39.0 Å². The number of hydrogen-bond donors (Lipinski definition) is 0. The topological polar surface area (TPSA) is 17.1 Å². The average molecular weight is 176 g/mol. The monoisotopic (exact) mass is 176 g/mol. The molecule has 0 saturated heterocycles. The van der Waals surface area contributed by atoms with Crippen molar-refractivity contribution >= 4 is 6.29 Å². The fourth-order valence-electron chi connectivity index (χ4n) is 1.61. The summed E-state index contributed by atoms with van der Waals surface area (Å²) in [5.74, 6) is 6.84. The summed E-state index contributed by atoms with van der Waals surface area (Å²) in [5, 5.41) is 0. The van der Waals surface area contributed by atoms with Gasteiger partial charge in [0, 0.05) is 11.5 Å². The third kappa shape index (κ3) is 3.94. The summed E-state index contributed by atoms with van der Waals surface area (Å²) < 4.78 is 0. The van der Waals surface area contributed by atoms with Crippen LogP contribution in [0.2, 0.25) is 0 Å². The van der Waals surface area contributed by atoms with Crippen molar-refractivity contribution in [3.8, 4) is 11.8 Å². The van der Waals surface area contributed by atoms with Crippen molar-refractivity contribution in [1.29, 1.82) is 0 Å². The molecule has 0 amide bonds. The molecule has 0 atom stereocenters. The summed E-state index contributed by atoms with van der Waals surface area (Å²) in [6.45, 7) is 1.88. The Bertz CT molecular complexity index is 246. The van der Waals surface area contributed by atoms with Crippen molar-refractivity contribution in [1.82, 2.24) is 0 Å². The van der Waals surface area contributed by atoms with E-state index in [-0.39, 0.29) is 0 Å². The fraction of sp³-hybridized carbons (Fsp3) is 0.583. The van der Waals surface area contributed by atoms with Crippen molar-refractivity contribution in [2.24, 2.45) is 5.92 Å². The summed E-state index contributed by atoms with van der Waals surface area (Å²) in [5.41, 5.74) is 0.876. The van der Waals surface area contributed by atoms with Crippen molar-refractivity contribution in [3.63, 3.8) is 0 Å². The van der Waals surface area contributed by atoms with Crippen LogP contribution in [0.25, 0.3) is 0 Å². The molecule has 0 aromatic rings. The summed E-state index contributed by atoms with van der Waals surface area (Å²) in [6, 6.07) is 0. The molecule has 1 fully saturated rings. The molecule has 0 radical (unpaired) electrons. The minimum atomic E-state index is 0.573. The van der Waals surface area contributed by atoms with Crippen LogP contribution in [-0.4, -0.2) is 6.29 Å². The molecule has 1 aliphatic carbocycles. The van der Waals surface area contributed by atoms with Crippen LogP contribution in [0.3, 0.4) is 0 Å². The van der Waals surface area contributed by atoms with Gasteiger partial charge in [-0.1, -0.05) is 31.1 Å². The molecular formula is C12H16O. The summed E-state index contributed by atoms with van der Waals surface area (Å²) in [6.07, 6.45) is 8.79. The van der Waals surface area contributed by atoms with E-state index in [9.17, 15) is 4.79 Å². The van der Waals surface area contributed by atoms with E-state index >= 15 is 0 Å². The first-order chi connectivity index (χ1) is 6.33. The third-order valence-electron chi connectivity index (χ3n) is 2.40. The Hall–Kier alpha value is -1.03. The van der Waals surface area contributed by atoms with Gasteiger partial charge in [0.1, 0.15) is 6.29 Å². The summed E-state index contributed by atoms with van der Waals surface area (Å²) in [4.78, 5) is 10.1. The molecule has 0 aromatic carbocycles. The van der Waals surface area contributed by atoms with Gasteiger partial charge in [-0.05, 0) is 25.8 Å². The maximum Gasteiger partial charge on any atom is 0.143 e. The number of hydrogen-bond acceptors (Lipinski definition) is 1. The van der Waals surface area contributed by atoms with Crippen LogP contribution in [0, 0.1) is 17.8 Å². The lowest BCUT2D eigenvalue weighted by atomic mass is 9.90. The maximum absolute atomic E-state index is 10.1. The van der Waals surface area contributed by atoms with Gasteiger partial charge < -0.3 is 0 Å². The molecule has 1 nitrogen and oxygen atoms in total. The standard InChI is InChI=1S/C12H16O/c1-11(9-10-13)7-8-12-5-3-2-4-6-12/h9-10,12H,2-6H2,1H3/b11-9+. The van der Waals surface area contributed by atoms with Crippen LogP contribution in [0.1, 0.15) is 39.0 Å². The van der Waals surface area contributed by atoms with Crippen LogP contribution in [0.15, 0.2) is 11.6 Å². The molecular weight excluding hydrogens is 160 g/mol. The van der Waals surface area contributed by atoms with E-state index in [1.54, 1.807) is 0 Å². The Morgan fingerprint density at radius 1 is 1.31 bits per heavy atom. The van der Waals surface area contributed by atoms with Crippen molar-refractivity contribution < 1.29 is 4.79 Å². The lowest BCUT2D eigenvalue weighted by Gasteiger charge is -2.15. The van der Waals surface area contributed by atoms with E-state index in [1.807, 2.05) is 6.92 Å². The van der Waals surface area contributed by atoms with Crippen molar-refractivity contribution in [3.05, 3.63) is 11.6 Å². The Kier molecular flexibility index (Phi) is 4.32. The van der Waals surface area contributed by atoms with Crippen LogP contribution in [0.5, 0.6) is 0 Å². The predicted molar refractivity (Wildman–Crippen MR) is 54.2 cm³/mol. The molecule has 70 valence electrons. The number of aldehydes is 1. The fourth-order valence-corrected chi connectivity index (χ4v) is 1.61. The highest BCUT2D eigenvalue weighted by atomic mass is 16.1. The largest absolute Gasteiger partial charge is 0.299 e. The first kappa shape index (κ1) is 10.1. The second kappa shape index (κ2) is 5.59. The molecule has 0 N–H and O–H groups in total. The average Bonchev–Trinajstić information content (AvgIpc) is 2.17. The van der Waals surface area contributed by atoms with Gasteiger partial charge in [0.25, 0.3) is 0 Å².